The Hall–Kier alpha value is -9.65. The molecule has 4 aliphatic rings. The van der Waals surface area contributed by atoms with Crippen molar-refractivity contribution < 1.29 is 9.47 Å². The highest BCUT2D eigenvalue weighted by molar-refractivity contribution is 7.01. The van der Waals surface area contributed by atoms with Crippen LogP contribution in [0.2, 0.25) is 0 Å². The van der Waals surface area contributed by atoms with E-state index < -0.39 is 0 Å². The third-order valence-corrected chi connectivity index (χ3v) is 15.1. The molecule has 4 aliphatic heterocycles. The van der Waals surface area contributed by atoms with Gasteiger partial charge in [-0.1, -0.05) is 146 Å². The minimum absolute atomic E-state index is 0.160. The zero-order chi connectivity index (χ0) is 48.7. The zero-order valence-electron chi connectivity index (χ0n) is 40.2. The molecule has 0 fully saturated rings. The van der Waals surface area contributed by atoms with Crippen LogP contribution < -0.4 is 61.9 Å². The second kappa shape index (κ2) is 17.0. The molecule has 0 unspecified atom stereocenters. The molecule has 346 valence electrons. The van der Waals surface area contributed by atoms with E-state index in [0.717, 1.165) is 113 Å². The Balaban J connectivity index is 0.968. The smallest absolute Gasteiger partial charge is 0.256 e. The Kier molecular flexibility index (Phi) is 9.67. The Morgan fingerprint density at radius 2 is 0.568 bits per heavy atom. The summed E-state index contributed by atoms with van der Waals surface area (Å²) >= 11 is 0. The number of nitrogens with zero attached hydrogens (tertiary/aromatic N) is 4. The van der Waals surface area contributed by atoms with E-state index in [1.807, 2.05) is 0 Å². The molecule has 11 aromatic rings. The number of fused-ring (bicyclic) bond motifs is 8. The van der Waals surface area contributed by atoms with Crippen LogP contribution in [0.15, 0.2) is 267 Å². The van der Waals surface area contributed by atoms with Crippen molar-refractivity contribution in [2.75, 3.05) is 19.6 Å². The number of ether oxygens (including phenoxy) is 2. The molecular formula is C66H44B2N4O2. The lowest BCUT2D eigenvalue weighted by Gasteiger charge is -2.43. The summed E-state index contributed by atoms with van der Waals surface area (Å²) in [6, 6.07) is 95.4. The molecule has 0 N–H and O–H groups in total. The second-order valence-electron chi connectivity index (χ2n) is 19.2. The van der Waals surface area contributed by atoms with Crippen molar-refractivity contribution in [3.63, 3.8) is 0 Å². The van der Waals surface area contributed by atoms with Crippen LogP contribution in [-0.2, 0) is 0 Å². The van der Waals surface area contributed by atoms with Gasteiger partial charge in [-0.25, -0.2) is 0 Å². The molecule has 0 saturated carbocycles. The predicted molar refractivity (Wildman–Crippen MR) is 308 cm³/mol. The Bertz CT molecular complexity index is 3600. The lowest BCUT2D eigenvalue weighted by molar-refractivity contribution is 0.476. The van der Waals surface area contributed by atoms with Gasteiger partial charge in [0.05, 0.1) is 11.4 Å². The summed E-state index contributed by atoms with van der Waals surface area (Å²) in [7, 11) is 0. The van der Waals surface area contributed by atoms with Gasteiger partial charge in [-0.15, -0.1) is 0 Å². The molecular weight excluding hydrogens is 902 g/mol. The predicted octanol–water partition coefficient (Wildman–Crippen LogP) is 13.4. The van der Waals surface area contributed by atoms with Crippen LogP contribution in [0.25, 0.3) is 0 Å². The maximum absolute atomic E-state index is 7.48. The molecule has 6 nitrogen and oxygen atoms in total. The van der Waals surface area contributed by atoms with Crippen molar-refractivity contribution >= 4 is 114 Å². The van der Waals surface area contributed by atoms with Crippen molar-refractivity contribution in [3.8, 4) is 23.0 Å². The van der Waals surface area contributed by atoms with Gasteiger partial charge in [0.1, 0.15) is 23.0 Å². The van der Waals surface area contributed by atoms with Crippen LogP contribution in [0, 0.1) is 0 Å². The van der Waals surface area contributed by atoms with Gasteiger partial charge in [0, 0.05) is 69.0 Å². The van der Waals surface area contributed by atoms with Gasteiger partial charge in [-0.3, -0.25) is 0 Å². The molecule has 0 aliphatic carbocycles. The fourth-order valence-electron chi connectivity index (χ4n) is 12.0. The van der Waals surface area contributed by atoms with Crippen molar-refractivity contribution in [2.24, 2.45) is 0 Å². The molecule has 74 heavy (non-hydrogen) atoms. The van der Waals surface area contributed by atoms with E-state index in [9.17, 15) is 0 Å². The van der Waals surface area contributed by atoms with E-state index in [4.69, 9.17) is 9.47 Å². The van der Waals surface area contributed by atoms with Gasteiger partial charge < -0.3 is 29.1 Å². The summed E-state index contributed by atoms with van der Waals surface area (Å²) < 4.78 is 15.0. The summed E-state index contributed by atoms with van der Waals surface area (Å²) in [5.74, 6) is 3.30. The van der Waals surface area contributed by atoms with Crippen molar-refractivity contribution in [1.82, 2.24) is 0 Å². The SMILES string of the molecule is c1ccc(N(c2ccccc2)c2cc3c4c(c2)N(c2ccccc2)c2ccccc2B4c2cc4c(cc2O3)B2c3ccccc3N(c3ccccc3)c3cc(N(c5ccccc5)c5ccccc5)cc(c32)O4)cc1. The quantitative estimate of drug-likeness (QED) is 0.141. The number of para-hydroxylation sites is 8. The Labute approximate surface area is 431 Å². The van der Waals surface area contributed by atoms with Gasteiger partial charge in [0.2, 0.25) is 0 Å². The van der Waals surface area contributed by atoms with Crippen molar-refractivity contribution in [1.29, 1.82) is 0 Å². The first kappa shape index (κ1) is 42.1. The van der Waals surface area contributed by atoms with Crippen LogP contribution in [0.3, 0.4) is 0 Å². The third kappa shape index (κ3) is 6.62. The van der Waals surface area contributed by atoms with E-state index in [1.54, 1.807) is 0 Å². The molecule has 11 aromatic carbocycles. The molecule has 0 saturated heterocycles. The van der Waals surface area contributed by atoms with Crippen LogP contribution in [0.5, 0.6) is 23.0 Å². The summed E-state index contributed by atoms with van der Waals surface area (Å²) in [4.78, 5) is 9.48. The number of benzene rings is 11. The van der Waals surface area contributed by atoms with Gasteiger partial charge in [0.15, 0.2) is 0 Å². The van der Waals surface area contributed by atoms with E-state index in [1.165, 1.54) is 10.9 Å². The van der Waals surface area contributed by atoms with Crippen LogP contribution in [-0.4, -0.2) is 13.4 Å². The molecule has 0 atom stereocenters. The molecule has 8 heteroatoms. The van der Waals surface area contributed by atoms with E-state index in [0.29, 0.717) is 0 Å². The number of hydrogen-bond acceptors (Lipinski definition) is 6. The maximum atomic E-state index is 7.48. The van der Waals surface area contributed by atoms with Crippen LogP contribution >= 0.6 is 0 Å². The first-order valence-electron chi connectivity index (χ1n) is 25.3. The van der Waals surface area contributed by atoms with E-state index in [-0.39, 0.29) is 13.4 Å². The minimum Gasteiger partial charge on any atom is -0.458 e. The van der Waals surface area contributed by atoms with E-state index >= 15 is 0 Å². The summed E-state index contributed by atoms with van der Waals surface area (Å²) in [6.45, 7) is -0.321. The fourth-order valence-corrected chi connectivity index (χ4v) is 12.0. The lowest BCUT2D eigenvalue weighted by atomic mass is 9.32. The van der Waals surface area contributed by atoms with Gasteiger partial charge in [-0.2, -0.15) is 0 Å². The molecule has 0 radical (unpaired) electrons. The number of rotatable bonds is 8. The standard InChI is InChI=1S/C66H44B2N4O2/c1-7-23-45(24-8-1)69(46-25-9-2-10-26-46)51-39-59-65-63(41-51)73-61-43-56-62(44-55(61)67(65)53-35-19-21-37-57(53)71(59)49-31-15-5-16-32-49)74-64-42-52(70(47-27-11-3-12-28-47)48-29-13-4-14-30-48)40-60-66(64)68(56)54-36-20-22-38-58(54)72(60)50-33-17-6-18-34-50/h1-44H. The monoisotopic (exact) mass is 946 g/mol. The fraction of sp³-hybridized carbons (Fsp3) is 0. The highest BCUT2D eigenvalue weighted by Gasteiger charge is 2.47. The average Bonchev–Trinajstić information content (AvgIpc) is 3.47. The van der Waals surface area contributed by atoms with Gasteiger partial charge in [0.25, 0.3) is 13.4 Å². The second-order valence-corrected chi connectivity index (χ2v) is 19.2. The summed E-state index contributed by atoms with van der Waals surface area (Å²) in [5.41, 5.74) is 19.5. The minimum atomic E-state index is -0.160. The first-order valence-corrected chi connectivity index (χ1v) is 25.3. The Morgan fingerprint density at radius 3 is 0.919 bits per heavy atom. The first-order chi connectivity index (χ1) is 36.7. The number of anilines is 12. The van der Waals surface area contributed by atoms with Gasteiger partial charge in [-0.05, 0) is 142 Å². The average molecular weight is 947 g/mol. The molecule has 15 rings (SSSR count). The van der Waals surface area contributed by atoms with Crippen LogP contribution in [0.4, 0.5) is 68.2 Å². The third-order valence-electron chi connectivity index (χ3n) is 15.1. The molecule has 4 heterocycles. The molecule has 0 spiro atoms. The lowest BCUT2D eigenvalue weighted by Crippen LogP contribution is -2.62. The van der Waals surface area contributed by atoms with Gasteiger partial charge >= 0.3 is 0 Å². The summed E-state index contributed by atoms with van der Waals surface area (Å²) in [5, 5.41) is 0. The topological polar surface area (TPSA) is 31.4 Å². The van der Waals surface area contributed by atoms with Crippen molar-refractivity contribution in [3.05, 3.63) is 267 Å². The Morgan fingerprint density at radius 1 is 0.257 bits per heavy atom. The highest BCUT2D eigenvalue weighted by atomic mass is 16.5. The molecule has 0 bridgehead atoms. The molecule has 0 aromatic heterocycles. The highest BCUT2D eigenvalue weighted by Crippen LogP contribution is 2.49. The maximum Gasteiger partial charge on any atom is 0.256 e. The van der Waals surface area contributed by atoms with E-state index in [2.05, 4.69) is 287 Å². The normalized spacial score (nSPS) is 13.0. The van der Waals surface area contributed by atoms with Crippen molar-refractivity contribution in [2.45, 2.75) is 0 Å². The summed E-state index contributed by atoms with van der Waals surface area (Å²) in [6.07, 6.45) is 0. The number of hydrogen-bond donors (Lipinski definition) is 0. The van der Waals surface area contributed by atoms with Crippen LogP contribution in [0.1, 0.15) is 0 Å². The molecule has 0 amide bonds. The zero-order valence-corrected chi connectivity index (χ0v) is 40.2. The largest absolute Gasteiger partial charge is 0.458 e.